The van der Waals surface area contributed by atoms with E-state index in [9.17, 15) is 14.4 Å². The Morgan fingerprint density at radius 2 is 1.00 bits per heavy atom. The van der Waals surface area contributed by atoms with Crippen LogP contribution in [0.15, 0.2) is 97.1 Å². The van der Waals surface area contributed by atoms with Crippen molar-refractivity contribution in [3.8, 4) is 0 Å². The molecule has 4 amide bonds. The predicted molar refractivity (Wildman–Crippen MR) is 165 cm³/mol. The van der Waals surface area contributed by atoms with Gasteiger partial charge in [0.05, 0.1) is 12.1 Å². The van der Waals surface area contributed by atoms with Crippen LogP contribution in [0.2, 0.25) is 10.0 Å². The van der Waals surface area contributed by atoms with Crippen molar-refractivity contribution in [2.75, 3.05) is 37.0 Å². The number of amides is 4. The minimum atomic E-state index is -0.646. The Morgan fingerprint density at radius 1 is 0.619 bits per heavy atom. The van der Waals surface area contributed by atoms with E-state index < -0.39 is 18.1 Å². The molecule has 7 nitrogen and oxygen atoms in total. The number of rotatable bonds is 2. The second kappa shape index (κ2) is 11.2. The number of nitrogens with zero attached hydrogens (tertiary/aromatic N) is 4. The summed E-state index contributed by atoms with van der Waals surface area (Å²) in [5, 5.41) is 0.976. The Hall–Kier alpha value is -4.33. The van der Waals surface area contributed by atoms with E-state index in [2.05, 4.69) is 0 Å². The highest BCUT2D eigenvalue weighted by Gasteiger charge is 2.42. The van der Waals surface area contributed by atoms with Gasteiger partial charge in [0.25, 0.3) is 0 Å². The third kappa shape index (κ3) is 4.89. The number of likely N-dealkylation sites (N-methyl/N-ethyl adjacent to an activating group) is 2. The molecule has 0 aliphatic carbocycles. The number of hydrogen-bond acceptors (Lipinski definition) is 3. The van der Waals surface area contributed by atoms with Crippen molar-refractivity contribution < 1.29 is 14.4 Å². The first-order chi connectivity index (χ1) is 20.2. The number of carbonyl (C=O) groups excluding carboxylic acids is 3. The lowest BCUT2D eigenvalue weighted by Gasteiger charge is -2.38. The normalized spacial score (nSPS) is 18.8. The second-order valence-corrected chi connectivity index (χ2v) is 11.3. The largest absolute Gasteiger partial charge is 0.322 e. The van der Waals surface area contributed by atoms with Gasteiger partial charge in [0.1, 0.15) is 13.1 Å². The molecule has 42 heavy (non-hydrogen) atoms. The van der Waals surface area contributed by atoms with E-state index in [0.29, 0.717) is 32.5 Å². The van der Waals surface area contributed by atoms with E-state index in [1.54, 1.807) is 70.1 Å². The maximum absolute atomic E-state index is 15.0. The van der Waals surface area contributed by atoms with E-state index in [4.69, 9.17) is 23.2 Å². The molecule has 0 N–H and O–H groups in total. The Bertz CT molecular complexity index is 1560. The van der Waals surface area contributed by atoms with Gasteiger partial charge in [-0.25, -0.2) is 4.79 Å². The van der Waals surface area contributed by atoms with Gasteiger partial charge in [-0.3, -0.25) is 9.59 Å². The van der Waals surface area contributed by atoms with Crippen molar-refractivity contribution in [2.45, 2.75) is 12.1 Å². The topological polar surface area (TPSA) is 64.2 Å². The van der Waals surface area contributed by atoms with Gasteiger partial charge in [0.15, 0.2) is 0 Å². The average molecular weight is 600 g/mol. The van der Waals surface area contributed by atoms with E-state index >= 15 is 0 Å². The van der Waals surface area contributed by atoms with Crippen LogP contribution in [0.4, 0.5) is 16.2 Å². The molecule has 0 spiro atoms. The minimum Gasteiger partial charge on any atom is -0.314 e. The SMILES string of the molecule is CN1C(=O)CN(C(=O)N2CC(=O)N(C)c3ccc(Cl)cc3C2c2ccccc2)C(c2ccccc2)c2cc(Cl)ccc21. The Labute approximate surface area is 254 Å². The van der Waals surface area contributed by atoms with Gasteiger partial charge in [-0.1, -0.05) is 83.9 Å². The predicted octanol–water partition coefficient (Wildman–Crippen LogP) is 6.55. The molecule has 0 aromatic heterocycles. The summed E-state index contributed by atoms with van der Waals surface area (Å²) in [7, 11) is 3.39. The molecule has 0 bridgehead atoms. The van der Waals surface area contributed by atoms with Gasteiger partial charge in [-0.05, 0) is 47.5 Å². The van der Waals surface area contributed by atoms with Crippen LogP contribution in [-0.2, 0) is 9.59 Å². The standard InChI is InChI=1S/C33H28Cl2N4O3/c1-36-27-15-13-23(34)17-25(27)31(21-9-5-3-6-10-21)38(19-29(36)40)33(42)39-20-30(41)37(2)28-16-14-24(35)18-26(28)32(39)22-11-7-4-8-12-22/h3-18,31-32H,19-20H2,1-2H3. The maximum atomic E-state index is 15.0. The van der Waals surface area contributed by atoms with Crippen LogP contribution in [0.25, 0.3) is 0 Å². The van der Waals surface area contributed by atoms with Crippen LogP contribution in [0, 0.1) is 0 Å². The molecule has 4 aromatic rings. The van der Waals surface area contributed by atoms with E-state index in [1.165, 1.54) is 0 Å². The molecule has 2 atom stereocenters. The molecule has 9 heteroatoms. The summed E-state index contributed by atoms with van der Waals surface area (Å²) in [6, 6.07) is 28.0. The molecule has 2 heterocycles. The Morgan fingerprint density at radius 3 is 1.38 bits per heavy atom. The fraction of sp³-hybridized carbons (Fsp3) is 0.182. The van der Waals surface area contributed by atoms with Crippen molar-refractivity contribution in [1.29, 1.82) is 0 Å². The zero-order valence-electron chi connectivity index (χ0n) is 23.1. The summed E-state index contributed by atoms with van der Waals surface area (Å²) in [5.74, 6) is -0.522. The number of carbonyl (C=O) groups is 3. The van der Waals surface area contributed by atoms with Crippen molar-refractivity contribution in [3.05, 3.63) is 129 Å². The maximum Gasteiger partial charge on any atom is 0.322 e. The molecule has 212 valence electrons. The molecular weight excluding hydrogens is 571 g/mol. The summed E-state index contributed by atoms with van der Waals surface area (Å²) in [6.45, 7) is -0.405. The summed E-state index contributed by atoms with van der Waals surface area (Å²) in [6.07, 6.45) is 0. The lowest BCUT2D eigenvalue weighted by atomic mass is 9.94. The minimum absolute atomic E-state index is 0.203. The fourth-order valence-electron chi connectivity index (χ4n) is 5.90. The first-order valence-electron chi connectivity index (χ1n) is 13.5. The lowest BCUT2D eigenvalue weighted by Crippen LogP contribution is -2.50. The zero-order valence-corrected chi connectivity index (χ0v) is 24.6. The highest BCUT2D eigenvalue weighted by Crippen LogP contribution is 2.43. The smallest absolute Gasteiger partial charge is 0.314 e. The van der Waals surface area contributed by atoms with Gasteiger partial charge in [0, 0.05) is 46.6 Å². The summed E-state index contributed by atoms with van der Waals surface area (Å²) in [5.41, 5.74) is 4.39. The summed E-state index contributed by atoms with van der Waals surface area (Å²) >= 11 is 13.0. The molecule has 0 saturated carbocycles. The van der Waals surface area contributed by atoms with Crippen LogP contribution >= 0.6 is 23.2 Å². The molecule has 2 aliphatic rings. The molecule has 0 fully saturated rings. The number of fused-ring (bicyclic) bond motifs is 2. The van der Waals surface area contributed by atoms with Gasteiger partial charge in [-0.15, -0.1) is 0 Å². The van der Waals surface area contributed by atoms with Crippen molar-refractivity contribution in [3.63, 3.8) is 0 Å². The molecule has 4 aromatic carbocycles. The molecule has 2 unspecified atom stereocenters. The molecule has 2 aliphatic heterocycles. The fourth-order valence-corrected chi connectivity index (χ4v) is 6.26. The van der Waals surface area contributed by atoms with Crippen LogP contribution < -0.4 is 9.80 Å². The van der Waals surface area contributed by atoms with Crippen LogP contribution in [0.5, 0.6) is 0 Å². The quantitative estimate of drug-likeness (QED) is 0.263. The molecule has 0 saturated heterocycles. The van der Waals surface area contributed by atoms with Gasteiger partial charge >= 0.3 is 6.03 Å². The highest BCUT2D eigenvalue weighted by molar-refractivity contribution is 6.31. The van der Waals surface area contributed by atoms with E-state index in [-0.39, 0.29) is 24.9 Å². The second-order valence-electron chi connectivity index (χ2n) is 10.5. The Kier molecular flexibility index (Phi) is 7.39. The van der Waals surface area contributed by atoms with Gasteiger partial charge in [0.2, 0.25) is 11.8 Å². The Balaban J connectivity index is 1.56. The van der Waals surface area contributed by atoms with Crippen molar-refractivity contribution in [2.24, 2.45) is 0 Å². The number of anilines is 2. The molecule has 6 rings (SSSR count). The first-order valence-corrected chi connectivity index (χ1v) is 14.3. The van der Waals surface area contributed by atoms with E-state index in [0.717, 1.165) is 11.1 Å². The first kappa shape index (κ1) is 27.8. The van der Waals surface area contributed by atoms with Crippen LogP contribution in [0.3, 0.4) is 0 Å². The summed E-state index contributed by atoms with van der Waals surface area (Å²) in [4.78, 5) is 48.4. The molecular formula is C33H28Cl2N4O3. The zero-order chi connectivity index (χ0) is 29.5. The van der Waals surface area contributed by atoms with Gasteiger partial charge in [-0.2, -0.15) is 0 Å². The monoisotopic (exact) mass is 598 g/mol. The number of hydrogen-bond donors (Lipinski definition) is 0. The third-order valence-corrected chi connectivity index (χ3v) is 8.47. The lowest BCUT2D eigenvalue weighted by molar-refractivity contribution is -0.119. The third-order valence-electron chi connectivity index (χ3n) is 8.00. The number of urea groups is 1. The van der Waals surface area contributed by atoms with Crippen LogP contribution in [0.1, 0.15) is 34.3 Å². The highest BCUT2D eigenvalue weighted by atomic mass is 35.5. The average Bonchev–Trinajstić information content (AvgIpc) is 3.17. The van der Waals surface area contributed by atoms with Gasteiger partial charge < -0.3 is 19.6 Å². The van der Waals surface area contributed by atoms with Crippen molar-refractivity contribution >= 4 is 52.4 Å². The number of benzene rings is 4. The summed E-state index contributed by atoms with van der Waals surface area (Å²) < 4.78 is 0. The van der Waals surface area contributed by atoms with Crippen molar-refractivity contribution in [1.82, 2.24) is 9.80 Å². The number of halogens is 2. The van der Waals surface area contributed by atoms with Crippen LogP contribution in [-0.4, -0.2) is 54.8 Å². The van der Waals surface area contributed by atoms with E-state index in [1.807, 2.05) is 60.7 Å². The molecule has 0 radical (unpaired) electrons.